The van der Waals surface area contributed by atoms with Crippen molar-refractivity contribution in [1.82, 2.24) is 10.5 Å². The first-order chi connectivity index (χ1) is 12.1. The van der Waals surface area contributed by atoms with Gasteiger partial charge in [-0.1, -0.05) is 11.2 Å². The van der Waals surface area contributed by atoms with Gasteiger partial charge in [-0.3, -0.25) is 9.59 Å². The van der Waals surface area contributed by atoms with Crippen molar-refractivity contribution >= 4 is 17.5 Å². The van der Waals surface area contributed by atoms with E-state index < -0.39 is 0 Å². The SMILES string of the molecule is COc1cccc(N2C[C@H](C(=O)NCCc3cc(C)no3)CC2=O)c1. The van der Waals surface area contributed by atoms with Gasteiger partial charge in [0.1, 0.15) is 11.5 Å². The Balaban J connectivity index is 1.55. The number of ether oxygens (including phenoxy) is 1. The summed E-state index contributed by atoms with van der Waals surface area (Å²) >= 11 is 0. The number of hydrogen-bond donors (Lipinski definition) is 1. The standard InChI is InChI=1S/C18H21N3O4/c1-12-8-16(25-20-12)6-7-19-18(23)13-9-17(22)21(11-13)14-4-3-5-15(10-14)24-2/h3-5,8,10,13H,6-7,9,11H2,1-2H3,(H,19,23)/t13-/m1/s1. The molecular weight excluding hydrogens is 322 g/mol. The van der Waals surface area contributed by atoms with Crippen molar-refractivity contribution in [1.29, 1.82) is 0 Å². The first-order valence-electron chi connectivity index (χ1n) is 8.21. The lowest BCUT2D eigenvalue weighted by molar-refractivity contribution is -0.126. The van der Waals surface area contributed by atoms with Crippen LogP contribution in [0.1, 0.15) is 17.9 Å². The molecule has 1 saturated heterocycles. The van der Waals surface area contributed by atoms with Gasteiger partial charge in [-0.2, -0.15) is 0 Å². The van der Waals surface area contributed by atoms with Crippen molar-refractivity contribution in [3.8, 4) is 5.75 Å². The molecule has 0 aliphatic carbocycles. The van der Waals surface area contributed by atoms with Gasteiger partial charge in [0.05, 0.1) is 18.7 Å². The molecule has 0 spiro atoms. The second-order valence-corrected chi connectivity index (χ2v) is 6.08. The van der Waals surface area contributed by atoms with Gasteiger partial charge < -0.3 is 19.5 Å². The van der Waals surface area contributed by atoms with Crippen LogP contribution in [0.25, 0.3) is 0 Å². The highest BCUT2D eigenvalue weighted by molar-refractivity contribution is 6.00. The molecule has 2 aromatic rings. The van der Waals surface area contributed by atoms with Crippen LogP contribution in [0.2, 0.25) is 0 Å². The average Bonchev–Trinajstić information content (AvgIpc) is 3.20. The number of hydrogen-bond acceptors (Lipinski definition) is 5. The maximum atomic E-state index is 12.3. The summed E-state index contributed by atoms with van der Waals surface area (Å²) in [5, 5.41) is 6.68. The fourth-order valence-corrected chi connectivity index (χ4v) is 2.90. The van der Waals surface area contributed by atoms with E-state index in [-0.39, 0.29) is 24.2 Å². The van der Waals surface area contributed by atoms with Crippen LogP contribution in [0.3, 0.4) is 0 Å². The first-order valence-corrected chi connectivity index (χ1v) is 8.21. The second-order valence-electron chi connectivity index (χ2n) is 6.08. The molecule has 3 rings (SSSR count). The minimum Gasteiger partial charge on any atom is -0.497 e. The van der Waals surface area contributed by atoms with E-state index in [2.05, 4.69) is 10.5 Å². The van der Waals surface area contributed by atoms with Gasteiger partial charge in [0.25, 0.3) is 0 Å². The summed E-state index contributed by atoms with van der Waals surface area (Å²) in [6.45, 7) is 2.68. The van der Waals surface area contributed by atoms with Crippen LogP contribution in [0.15, 0.2) is 34.9 Å². The molecule has 25 heavy (non-hydrogen) atoms. The predicted molar refractivity (Wildman–Crippen MR) is 91.4 cm³/mol. The molecule has 0 bridgehead atoms. The number of anilines is 1. The Hall–Kier alpha value is -2.83. The molecule has 1 aromatic heterocycles. The van der Waals surface area contributed by atoms with Crippen LogP contribution in [0, 0.1) is 12.8 Å². The Morgan fingerprint density at radius 1 is 1.44 bits per heavy atom. The smallest absolute Gasteiger partial charge is 0.227 e. The molecule has 0 saturated carbocycles. The van der Waals surface area contributed by atoms with E-state index in [4.69, 9.17) is 9.26 Å². The Morgan fingerprint density at radius 2 is 2.28 bits per heavy atom. The van der Waals surface area contributed by atoms with E-state index in [1.165, 1.54) is 0 Å². The number of amides is 2. The van der Waals surface area contributed by atoms with Crippen molar-refractivity contribution in [2.24, 2.45) is 5.92 Å². The minimum absolute atomic E-state index is 0.0562. The lowest BCUT2D eigenvalue weighted by Crippen LogP contribution is -2.34. The van der Waals surface area contributed by atoms with Gasteiger partial charge >= 0.3 is 0 Å². The lowest BCUT2D eigenvalue weighted by Gasteiger charge is -2.17. The number of carbonyl (C=O) groups is 2. The molecular formula is C18H21N3O4. The molecule has 132 valence electrons. The molecule has 1 aliphatic heterocycles. The fourth-order valence-electron chi connectivity index (χ4n) is 2.90. The summed E-state index contributed by atoms with van der Waals surface area (Å²) in [5.41, 5.74) is 1.56. The summed E-state index contributed by atoms with van der Waals surface area (Å²) in [6, 6.07) is 9.13. The van der Waals surface area contributed by atoms with E-state index in [0.717, 1.165) is 17.1 Å². The largest absolute Gasteiger partial charge is 0.497 e. The molecule has 7 heteroatoms. The third-order valence-electron chi connectivity index (χ3n) is 4.21. The third-order valence-corrected chi connectivity index (χ3v) is 4.21. The number of nitrogens with zero attached hydrogens (tertiary/aromatic N) is 2. The quantitative estimate of drug-likeness (QED) is 0.863. The summed E-state index contributed by atoms with van der Waals surface area (Å²) < 4.78 is 10.3. The maximum Gasteiger partial charge on any atom is 0.227 e. The molecule has 7 nitrogen and oxygen atoms in total. The predicted octanol–water partition coefficient (Wildman–Crippen LogP) is 1.70. The number of carbonyl (C=O) groups excluding carboxylic acids is 2. The molecule has 2 heterocycles. The zero-order valence-corrected chi connectivity index (χ0v) is 14.3. The summed E-state index contributed by atoms with van der Waals surface area (Å²) in [5.74, 6) is 0.892. The Morgan fingerprint density at radius 3 is 3.00 bits per heavy atom. The topological polar surface area (TPSA) is 84.7 Å². The normalized spacial score (nSPS) is 17.0. The molecule has 1 aliphatic rings. The number of methoxy groups -OCH3 is 1. The molecule has 0 radical (unpaired) electrons. The maximum absolute atomic E-state index is 12.3. The average molecular weight is 343 g/mol. The van der Waals surface area contributed by atoms with Gasteiger partial charge in [-0.05, 0) is 19.1 Å². The zero-order valence-electron chi connectivity index (χ0n) is 14.3. The van der Waals surface area contributed by atoms with Gasteiger partial charge in [0.2, 0.25) is 11.8 Å². The monoisotopic (exact) mass is 343 g/mol. The second kappa shape index (κ2) is 7.38. The zero-order chi connectivity index (χ0) is 17.8. The number of aryl methyl sites for hydroxylation is 1. The van der Waals surface area contributed by atoms with Gasteiger partial charge in [0.15, 0.2) is 0 Å². The molecule has 1 aromatic carbocycles. The van der Waals surface area contributed by atoms with Gasteiger partial charge in [-0.25, -0.2) is 0 Å². The van der Waals surface area contributed by atoms with E-state index in [0.29, 0.717) is 25.3 Å². The van der Waals surface area contributed by atoms with E-state index in [1.807, 2.05) is 31.2 Å². The van der Waals surface area contributed by atoms with Crippen molar-refractivity contribution in [2.75, 3.05) is 25.1 Å². The number of rotatable bonds is 6. The number of aromatic nitrogens is 1. The van der Waals surface area contributed by atoms with Crippen LogP contribution >= 0.6 is 0 Å². The summed E-state index contributed by atoms with van der Waals surface area (Å²) in [6.07, 6.45) is 0.789. The van der Waals surface area contributed by atoms with Crippen molar-refractivity contribution in [2.45, 2.75) is 19.8 Å². The van der Waals surface area contributed by atoms with E-state index in [1.54, 1.807) is 18.1 Å². The Bertz CT molecular complexity index is 771. The Kier molecular flexibility index (Phi) is 5.02. The van der Waals surface area contributed by atoms with Gasteiger partial charge in [0, 0.05) is 43.8 Å². The summed E-state index contributed by atoms with van der Waals surface area (Å²) in [4.78, 5) is 26.2. The summed E-state index contributed by atoms with van der Waals surface area (Å²) in [7, 11) is 1.58. The molecule has 1 atom stereocenters. The molecule has 1 fully saturated rings. The van der Waals surface area contributed by atoms with Crippen LogP contribution in [0.4, 0.5) is 5.69 Å². The van der Waals surface area contributed by atoms with Crippen LogP contribution in [0.5, 0.6) is 5.75 Å². The lowest BCUT2D eigenvalue weighted by atomic mass is 10.1. The van der Waals surface area contributed by atoms with Crippen molar-refractivity contribution in [3.63, 3.8) is 0 Å². The van der Waals surface area contributed by atoms with Crippen molar-refractivity contribution < 1.29 is 18.8 Å². The van der Waals surface area contributed by atoms with Crippen LogP contribution in [-0.4, -0.2) is 37.2 Å². The first kappa shape index (κ1) is 17.0. The molecule has 0 unspecified atom stereocenters. The highest BCUT2D eigenvalue weighted by Crippen LogP contribution is 2.27. The van der Waals surface area contributed by atoms with Crippen LogP contribution < -0.4 is 15.0 Å². The van der Waals surface area contributed by atoms with Crippen molar-refractivity contribution in [3.05, 3.63) is 41.8 Å². The third kappa shape index (κ3) is 3.99. The Labute approximate surface area is 145 Å². The number of benzene rings is 1. The van der Waals surface area contributed by atoms with E-state index in [9.17, 15) is 9.59 Å². The van der Waals surface area contributed by atoms with E-state index >= 15 is 0 Å². The number of nitrogens with one attached hydrogen (secondary N) is 1. The highest BCUT2D eigenvalue weighted by atomic mass is 16.5. The van der Waals surface area contributed by atoms with Crippen LogP contribution in [-0.2, 0) is 16.0 Å². The fraction of sp³-hybridized carbons (Fsp3) is 0.389. The molecule has 1 N–H and O–H groups in total. The van der Waals surface area contributed by atoms with Gasteiger partial charge in [-0.15, -0.1) is 0 Å². The molecule has 2 amide bonds. The minimum atomic E-state index is -0.352. The highest BCUT2D eigenvalue weighted by Gasteiger charge is 2.35.